The van der Waals surface area contributed by atoms with Gasteiger partial charge in [-0.2, -0.15) is 18.4 Å². The number of anilines is 1. The van der Waals surface area contributed by atoms with Crippen LogP contribution in [0.25, 0.3) is 10.9 Å². The van der Waals surface area contributed by atoms with Crippen molar-refractivity contribution in [1.82, 2.24) is 19.4 Å². The van der Waals surface area contributed by atoms with Gasteiger partial charge in [-0.05, 0) is 108 Å². The predicted octanol–water partition coefficient (Wildman–Crippen LogP) is 6.06. The molecule has 4 heterocycles. The van der Waals surface area contributed by atoms with Crippen molar-refractivity contribution in [1.29, 1.82) is 5.26 Å². The SMILES string of the molecule is CC(C)(C#N)c1ccc(NCC#Cc2cc3c(CN4CCC(N5CCCC5)CC4)cc(F)cc3n2CC(F)(F)F)cn1. The Morgan fingerprint density at radius 3 is 2.43 bits per heavy atom. The number of nitriles is 1. The number of nitrogens with one attached hydrogen (secondary N) is 1. The lowest BCUT2D eigenvalue weighted by Gasteiger charge is -2.36. The van der Waals surface area contributed by atoms with Crippen LogP contribution in [0.2, 0.25) is 0 Å². The molecule has 2 aromatic heterocycles. The first-order valence-electron chi connectivity index (χ1n) is 14.5. The molecule has 0 bridgehead atoms. The van der Waals surface area contributed by atoms with E-state index in [9.17, 15) is 22.8 Å². The van der Waals surface area contributed by atoms with Crippen LogP contribution in [0.1, 0.15) is 56.5 Å². The lowest BCUT2D eigenvalue weighted by Crippen LogP contribution is -2.43. The summed E-state index contributed by atoms with van der Waals surface area (Å²) in [6.45, 7) is 7.04. The summed E-state index contributed by atoms with van der Waals surface area (Å²) in [5, 5.41) is 13.0. The standard InChI is InChI=1S/C32H36F4N6/c1-31(2,21-37)30-8-7-25(19-39-30)38-11-5-6-27-18-28-23(16-24(33)17-29(28)42(27)22-32(34,35)36)20-40-14-9-26(10-15-40)41-12-3-4-13-41/h7-8,16-19,26,38H,3-4,9-15,20,22H2,1-2H3. The normalized spacial score (nSPS) is 17.3. The second kappa shape index (κ2) is 12.3. The largest absolute Gasteiger partial charge is 0.406 e. The summed E-state index contributed by atoms with van der Waals surface area (Å²) >= 11 is 0. The first-order chi connectivity index (χ1) is 20.0. The number of hydrogen-bond donors (Lipinski definition) is 1. The zero-order valence-electron chi connectivity index (χ0n) is 24.1. The second-order valence-electron chi connectivity index (χ2n) is 11.8. The molecule has 2 aliphatic rings. The van der Waals surface area contributed by atoms with Gasteiger partial charge < -0.3 is 14.8 Å². The first kappa shape index (κ1) is 29.9. The maximum Gasteiger partial charge on any atom is 0.406 e. The van der Waals surface area contributed by atoms with Gasteiger partial charge in [-0.25, -0.2) is 4.39 Å². The Bertz CT molecular complexity index is 1490. The van der Waals surface area contributed by atoms with E-state index in [0.29, 0.717) is 34.9 Å². The third kappa shape index (κ3) is 7.06. The molecule has 0 atom stereocenters. The van der Waals surface area contributed by atoms with Gasteiger partial charge in [-0.15, -0.1) is 0 Å². The summed E-state index contributed by atoms with van der Waals surface area (Å²) < 4.78 is 56.6. The van der Waals surface area contributed by atoms with Crippen LogP contribution in [-0.4, -0.2) is 64.3 Å². The van der Waals surface area contributed by atoms with Crippen LogP contribution in [0.15, 0.2) is 36.5 Å². The Kier molecular flexibility index (Phi) is 8.77. The summed E-state index contributed by atoms with van der Waals surface area (Å²) in [5.41, 5.74) is 1.66. The van der Waals surface area contributed by atoms with Crippen molar-refractivity contribution >= 4 is 16.6 Å². The second-order valence-corrected chi connectivity index (χ2v) is 11.8. The summed E-state index contributed by atoms with van der Waals surface area (Å²) in [6.07, 6.45) is 1.71. The number of aromatic nitrogens is 2. The zero-order chi connectivity index (χ0) is 29.9. The van der Waals surface area contributed by atoms with Gasteiger partial charge in [0, 0.05) is 18.0 Å². The van der Waals surface area contributed by atoms with Crippen molar-refractivity contribution in [2.45, 2.75) is 70.3 Å². The maximum atomic E-state index is 14.8. The van der Waals surface area contributed by atoms with E-state index in [-0.39, 0.29) is 17.8 Å². The smallest absolute Gasteiger partial charge is 0.373 e. The molecule has 0 spiro atoms. The van der Waals surface area contributed by atoms with Crippen LogP contribution < -0.4 is 5.32 Å². The molecule has 0 aliphatic carbocycles. The summed E-state index contributed by atoms with van der Waals surface area (Å²) in [4.78, 5) is 9.16. The van der Waals surface area contributed by atoms with E-state index in [1.165, 1.54) is 25.0 Å². The van der Waals surface area contributed by atoms with Crippen LogP contribution in [0.3, 0.4) is 0 Å². The number of hydrogen-bond acceptors (Lipinski definition) is 5. The summed E-state index contributed by atoms with van der Waals surface area (Å²) in [6, 6.07) is 10.6. The Labute approximate surface area is 244 Å². The van der Waals surface area contributed by atoms with Gasteiger partial charge in [0.05, 0.1) is 46.8 Å². The highest BCUT2D eigenvalue weighted by Crippen LogP contribution is 2.30. The average molecular weight is 581 g/mol. The minimum Gasteiger partial charge on any atom is -0.373 e. The molecule has 222 valence electrons. The highest BCUT2D eigenvalue weighted by Gasteiger charge is 2.31. The van der Waals surface area contributed by atoms with Crippen LogP contribution in [0, 0.1) is 29.0 Å². The van der Waals surface area contributed by atoms with Gasteiger partial charge >= 0.3 is 6.18 Å². The topological polar surface area (TPSA) is 60.1 Å². The fourth-order valence-corrected chi connectivity index (χ4v) is 5.97. The molecular weight excluding hydrogens is 544 g/mol. The molecule has 3 aromatic rings. The number of pyridine rings is 1. The fourth-order valence-electron chi connectivity index (χ4n) is 5.97. The molecule has 0 radical (unpaired) electrons. The monoisotopic (exact) mass is 580 g/mol. The van der Waals surface area contributed by atoms with Crippen molar-refractivity contribution in [3.63, 3.8) is 0 Å². The number of likely N-dealkylation sites (tertiary alicyclic amines) is 2. The van der Waals surface area contributed by atoms with Gasteiger partial charge in [0.2, 0.25) is 0 Å². The third-order valence-corrected chi connectivity index (χ3v) is 8.30. The van der Waals surface area contributed by atoms with Gasteiger partial charge in [-0.3, -0.25) is 9.88 Å². The van der Waals surface area contributed by atoms with Crippen molar-refractivity contribution in [2.75, 3.05) is 38.0 Å². The van der Waals surface area contributed by atoms with Crippen molar-refractivity contribution in [3.8, 4) is 17.9 Å². The number of rotatable bonds is 7. The van der Waals surface area contributed by atoms with E-state index < -0.39 is 24.0 Å². The van der Waals surface area contributed by atoms with E-state index in [4.69, 9.17) is 0 Å². The Morgan fingerprint density at radius 1 is 1.05 bits per heavy atom. The number of alkyl halides is 3. The first-order valence-corrected chi connectivity index (χ1v) is 14.5. The summed E-state index contributed by atoms with van der Waals surface area (Å²) in [5.74, 6) is 5.22. The molecular formula is C32H36F4N6. The van der Waals surface area contributed by atoms with E-state index in [1.54, 1.807) is 38.2 Å². The van der Waals surface area contributed by atoms with Gasteiger partial charge in [0.15, 0.2) is 0 Å². The number of piperidine rings is 1. The lowest BCUT2D eigenvalue weighted by atomic mass is 9.91. The zero-order valence-corrected chi connectivity index (χ0v) is 24.1. The molecule has 5 rings (SSSR count). The average Bonchev–Trinajstić information content (AvgIpc) is 3.60. The third-order valence-electron chi connectivity index (χ3n) is 8.30. The van der Waals surface area contributed by atoms with Gasteiger partial charge in [0.25, 0.3) is 0 Å². The number of benzene rings is 1. The van der Waals surface area contributed by atoms with Crippen LogP contribution in [-0.2, 0) is 18.5 Å². The van der Waals surface area contributed by atoms with Crippen LogP contribution in [0.4, 0.5) is 23.2 Å². The van der Waals surface area contributed by atoms with Gasteiger partial charge in [-0.1, -0.05) is 5.92 Å². The van der Waals surface area contributed by atoms with E-state index >= 15 is 0 Å². The Hall–Kier alpha value is -3.60. The molecule has 0 saturated carbocycles. The molecule has 1 aromatic carbocycles. The molecule has 0 amide bonds. The van der Waals surface area contributed by atoms with Crippen LogP contribution >= 0.6 is 0 Å². The number of fused-ring (bicyclic) bond motifs is 1. The predicted molar refractivity (Wildman–Crippen MR) is 155 cm³/mol. The molecule has 2 aliphatic heterocycles. The molecule has 42 heavy (non-hydrogen) atoms. The lowest BCUT2D eigenvalue weighted by molar-refractivity contribution is -0.140. The van der Waals surface area contributed by atoms with E-state index in [2.05, 4.69) is 38.0 Å². The van der Waals surface area contributed by atoms with Crippen molar-refractivity contribution < 1.29 is 17.6 Å². The molecule has 0 unspecified atom stereocenters. The summed E-state index contributed by atoms with van der Waals surface area (Å²) in [7, 11) is 0. The van der Waals surface area contributed by atoms with E-state index in [0.717, 1.165) is 43.6 Å². The maximum absolute atomic E-state index is 14.8. The Morgan fingerprint density at radius 2 is 1.79 bits per heavy atom. The minimum absolute atomic E-state index is 0.170. The minimum atomic E-state index is -4.49. The highest BCUT2D eigenvalue weighted by molar-refractivity contribution is 5.86. The molecule has 2 saturated heterocycles. The van der Waals surface area contributed by atoms with Crippen molar-refractivity contribution in [3.05, 3.63) is 59.3 Å². The van der Waals surface area contributed by atoms with Crippen molar-refractivity contribution in [2.24, 2.45) is 0 Å². The molecule has 1 N–H and O–H groups in total. The fraction of sp³-hybridized carbons (Fsp3) is 0.500. The number of nitrogens with zero attached hydrogens (tertiary/aromatic N) is 5. The molecule has 6 nitrogen and oxygen atoms in total. The number of halogens is 4. The molecule has 10 heteroatoms. The van der Waals surface area contributed by atoms with Gasteiger partial charge in [0.1, 0.15) is 12.4 Å². The highest BCUT2D eigenvalue weighted by atomic mass is 19.4. The quantitative estimate of drug-likeness (QED) is 0.272. The molecule has 2 fully saturated rings. The Balaban J connectivity index is 1.33. The van der Waals surface area contributed by atoms with Crippen LogP contribution in [0.5, 0.6) is 0 Å². The van der Waals surface area contributed by atoms with E-state index in [1.807, 2.05) is 0 Å².